The first-order valence-electron chi connectivity index (χ1n) is 30.5. The second-order valence-electron chi connectivity index (χ2n) is 20.9. The average Bonchev–Trinajstić information content (AvgIpc) is 2.68. The Kier molecular flexibility index (Phi) is 34.3. The number of fused-ring (bicyclic) bond motifs is 2. The molecule has 486 valence electrons. The molecule has 27 heteroatoms. The molecule has 6 amide bonds. The van der Waals surface area contributed by atoms with E-state index in [0.717, 1.165) is 63.5 Å². The third-order valence-corrected chi connectivity index (χ3v) is 16.3. The van der Waals surface area contributed by atoms with Gasteiger partial charge in [0.2, 0.25) is 23.7 Å². The second kappa shape index (κ2) is 42.3. The van der Waals surface area contributed by atoms with Gasteiger partial charge in [0.15, 0.2) is 0 Å². The third-order valence-electron chi connectivity index (χ3n) is 14.2. The van der Waals surface area contributed by atoms with Gasteiger partial charge >= 0.3 is 6.03 Å². The number of ether oxygens (including phenoxy) is 8. The molecule has 0 saturated carbocycles. The molecule has 2 fully saturated rings. The minimum atomic E-state index is -0.315. The van der Waals surface area contributed by atoms with E-state index in [9.17, 15) is 28.8 Å². The molecule has 2 aromatic heterocycles. The lowest BCUT2D eigenvalue weighted by Crippen LogP contribution is -2.36. The lowest BCUT2D eigenvalue weighted by atomic mass is 10.0. The molecule has 88 heavy (non-hydrogen) atoms. The maximum Gasteiger partial charge on any atom is 0.315 e. The van der Waals surface area contributed by atoms with Gasteiger partial charge in [-0.15, -0.1) is 0 Å². The summed E-state index contributed by atoms with van der Waals surface area (Å²) < 4.78 is 45.8. The quantitative estimate of drug-likeness (QED) is 0.0194. The van der Waals surface area contributed by atoms with Crippen molar-refractivity contribution in [2.75, 3.05) is 143 Å². The van der Waals surface area contributed by atoms with Crippen LogP contribution in [-0.2, 0) is 59.3 Å². The summed E-state index contributed by atoms with van der Waals surface area (Å²) in [6, 6.07) is 14.0. The number of hydrogen-bond donors (Lipinski definition) is 7. The highest BCUT2D eigenvalue weighted by Gasteiger charge is 2.42. The van der Waals surface area contributed by atoms with E-state index in [4.69, 9.17) is 61.1 Å². The zero-order valence-electron chi connectivity index (χ0n) is 50.5. The molecule has 0 unspecified atom stereocenters. The fraction of sp³-hybridized carbons (Fsp3) is 0.607. The van der Waals surface area contributed by atoms with Crippen molar-refractivity contribution in [1.82, 2.24) is 46.4 Å². The van der Waals surface area contributed by atoms with E-state index < -0.39 is 0 Å². The standard InChI is InChI=1S/C61H88Cl2N10O14S/c1-73-57-45(41-47(59(73)78)55-48(62)14-11-15-49(55)63)42-68-60(72-57)69-46-13-10-12-44(40-46)58(77)67-23-25-81-27-29-83-31-33-85-35-37-87-39-38-86-36-34-84-32-30-82-28-26-80-24-22-66-54(76)18-5-3-9-20-64-52(74)17-4-2-8-21-65-53(75)19-7-6-16-51-56-50(43-88-51)70-61(79)71-56/h10-15,40-42,50-51,56H,2-9,16-39,43H2,1H3,(H,64,74)(H,65,75)(H,66,76)(H,67,77)(H,68,69,72)(H2,70,71,79)/t50-,51-,56-/m0/s1. The normalized spacial score (nSPS) is 15.2. The molecule has 2 aliphatic rings. The van der Waals surface area contributed by atoms with Crippen LogP contribution in [0.25, 0.3) is 22.2 Å². The van der Waals surface area contributed by atoms with Crippen LogP contribution in [-0.4, -0.2) is 199 Å². The van der Waals surface area contributed by atoms with Gasteiger partial charge in [0, 0.05) is 91.9 Å². The summed E-state index contributed by atoms with van der Waals surface area (Å²) in [6.07, 6.45) is 10.7. The molecule has 2 saturated heterocycles. The van der Waals surface area contributed by atoms with Crippen LogP contribution < -0.4 is 42.8 Å². The zero-order chi connectivity index (χ0) is 62.4. The number of aryl methyl sites for hydroxylation is 1. The maximum atomic E-state index is 13.3. The third kappa shape index (κ3) is 27.2. The molecule has 3 atom stereocenters. The van der Waals surface area contributed by atoms with E-state index in [1.54, 1.807) is 61.8 Å². The van der Waals surface area contributed by atoms with Crippen molar-refractivity contribution in [2.24, 2.45) is 7.05 Å². The molecular formula is C61H88Cl2N10O14S. The number of rotatable bonds is 48. The lowest BCUT2D eigenvalue weighted by Gasteiger charge is -2.16. The van der Waals surface area contributed by atoms with E-state index in [0.29, 0.717) is 200 Å². The van der Waals surface area contributed by atoms with Crippen LogP contribution >= 0.6 is 35.0 Å². The Bertz CT molecular complexity index is 2800. The van der Waals surface area contributed by atoms with Gasteiger partial charge in [-0.05, 0) is 74.9 Å². The van der Waals surface area contributed by atoms with Crippen molar-refractivity contribution in [1.29, 1.82) is 0 Å². The number of aromatic nitrogens is 3. The SMILES string of the molecule is Cn1c(=O)c(-c2c(Cl)cccc2Cl)cc2cnc(Nc3cccc(C(=O)NCCOCCOCCOCCOCCOCCOCCOCCOCCNC(=O)CCCCCNC(=O)CCCCCNC(=O)CCCC[C@@H]4SC[C@@H]5NC(=O)N[C@@H]54)c3)nc21. The van der Waals surface area contributed by atoms with Crippen LogP contribution in [0.1, 0.15) is 87.4 Å². The Morgan fingerprint density at radius 2 is 1.08 bits per heavy atom. The first-order chi connectivity index (χ1) is 43.0. The molecule has 0 aliphatic carbocycles. The number of urea groups is 1. The van der Waals surface area contributed by atoms with Crippen LogP contribution in [0.15, 0.2) is 59.5 Å². The summed E-state index contributed by atoms with van der Waals surface area (Å²) in [6.45, 7) is 8.59. The van der Waals surface area contributed by atoms with E-state index in [1.165, 1.54) is 4.57 Å². The van der Waals surface area contributed by atoms with Crippen molar-refractivity contribution < 1.29 is 61.9 Å². The fourth-order valence-corrected chi connectivity index (χ4v) is 11.7. The Hall–Kier alpha value is -5.71. The van der Waals surface area contributed by atoms with Crippen LogP contribution in [0.2, 0.25) is 10.0 Å². The Labute approximate surface area is 529 Å². The minimum Gasteiger partial charge on any atom is -0.377 e. The first-order valence-corrected chi connectivity index (χ1v) is 32.3. The van der Waals surface area contributed by atoms with Crippen LogP contribution in [0.4, 0.5) is 16.4 Å². The van der Waals surface area contributed by atoms with Crippen molar-refractivity contribution in [2.45, 2.75) is 94.4 Å². The fourth-order valence-electron chi connectivity index (χ4n) is 9.52. The number of nitrogens with one attached hydrogen (secondary N) is 7. The monoisotopic (exact) mass is 1290 g/mol. The highest BCUT2D eigenvalue weighted by atomic mass is 35.5. The lowest BCUT2D eigenvalue weighted by molar-refractivity contribution is -0.122. The van der Waals surface area contributed by atoms with Crippen LogP contribution in [0.3, 0.4) is 0 Å². The van der Waals surface area contributed by atoms with Gasteiger partial charge in [-0.25, -0.2) is 9.78 Å². The molecule has 4 heterocycles. The van der Waals surface area contributed by atoms with Crippen molar-refractivity contribution in [3.63, 3.8) is 0 Å². The molecule has 7 N–H and O–H groups in total. The molecule has 24 nitrogen and oxygen atoms in total. The number of hydrogen-bond acceptors (Lipinski definition) is 18. The highest BCUT2D eigenvalue weighted by molar-refractivity contribution is 8.00. The molecule has 2 aromatic carbocycles. The number of nitrogens with zero attached hydrogens (tertiary/aromatic N) is 3. The number of carbonyl (C=O) groups excluding carboxylic acids is 5. The highest BCUT2D eigenvalue weighted by Crippen LogP contribution is 2.35. The largest absolute Gasteiger partial charge is 0.377 e. The van der Waals surface area contributed by atoms with Crippen molar-refractivity contribution >= 4 is 87.3 Å². The second-order valence-corrected chi connectivity index (χ2v) is 23.0. The van der Waals surface area contributed by atoms with Gasteiger partial charge in [-0.3, -0.25) is 28.5 Å². The molecule has 0 bridgehead atoms. The number of carbonyl (C=O) groups is 5. The average molecular weight is 1290 g/mol. The summed E-state index contributed by atoms with van der Waals surface area (Å²) in [7, 11) is 1.62. The predicted octanol–water partition coefficient (Wildman–Crippen LogP) is 6.10. The number of pyridine rings is 1. The molecule has 0 radical (unpaired) electrons. The molecule has 4 aromatic rings. The van der Waals surface area contributed by atoms with Gasteiger partial charge in [-0.1, -0.05) is 54.6 Å². The van der Waals surface area contributed by atoms with E-state index in [-0.39, 0.29) is 53.3 Å². The smallest absolute Gasteiger partial charge is 0.315 e. The Balaban J connectivity index is 0.610. The zero-order valence-corrected chi connectivity index (χ0v) is 52.8. The van der Waals surface area contributed by atoms with Gasteiger partial charge < -0.3 is 75.1 Å². The summed E-state index contributed by atoms with van der Waals surface area (Å²) in [5, 5.41) is 22.5. The number of anilines is 2. The topological polar surface area (TPSA) is 291 Å². The Morgan fingerprint density at radius 3 is 1.62 bits per heavy atom. The van der Waals surface area contributed by atoms with Gasteiger partial charge in [0.25, 0.3) is 11.5 Å². The van der Waals surface area contributed by atoms with Crippen molar-refractivity contribution in [3.05, 3.63) is 80.7 Å². The van der Waals surface area contributed by atoms with Crippen LogP contribution in [0.5, 0.6) is 0 Å². The van der Waals surface area contributed by atoms with Gasteiger partial charge in [-0.2, -0.15) is 16.7 Å². The number of halogens is 2. The Morgan fingerprint density at radius 1 is 0.591 bits per heavy atom. The van der Waals surface area contributed by atoms with E-state index in [2.05, 4.69) is 47.2 Å². The first kappa shape index (κ1) is 71.4. The molecule has 2 aliphatic heterocycles. The van der Waals surface area contributed by atoms with E-state index >= 15 is 0 Å². The molecule has 0 spiro atoms. The van der Waals surface area contributed by atoms with Crippen LogP contribution in [0, 0.1) is 0 Å². The molecular weight excluding hydrogens is 1200 g/mol. The summed E-state index contributed by atoms with van der Waals surface area (Å²) in [5.74, 6) is 1.01. The van der Waals surface area contributed by atoms with Crippen molar-refractivity contribution in [3.8, 4) is 11.1 Å². The number of amides is 6. The number of benzene rings is 2. The van der Waals surface area contributed by atoms with Gasteiger partial charge in [0.05, 0.1) is 133 Å². The molecule has 6 rings (SSSR count). The summed E-state index contributed by atoms with van der Waals surface area (Å²) in [4.78, 5) is 83.2. The summed E-state index contributed by atoms with van der Waals surface area (Å²) in [5.41, 5.74) is 1.89. The van der Waals surface area contributed by atoms with E-state index in [1.807, 2.05) is 11.8 Å². The minimum absolute atomic E-state index is 0.0166. The predicted molar refractivity (Wildman–Crippen MR) is 339 cm³/mol. The van der Waals surface area contributed by atoms with Gasteiger partial charge in [0.1, 0.15) is 5.65 Å². The maximum absolute atomic E-state index is 13.3. The number of unbranched alkanes of at least 4 members (excludes halogenated alkanes) is 5. The summed E-state index contributed by atoms with van der Waals surface area (Å²) >= 11 is 14.7. The number of thioether (sulfide) groups is 1.